The van der Waals surface area contributed by atoms with Gasteiger partial charge in [-0.1, -0.05) is 17.7 Å². The Balaban J connectivity index is 2.07. The monoisotopic (exact) mass is 365 g/mol. The van der Waals surface area contributed by atoms with Gasteiger partial charge in [-0.05, 0) is 49.4 Å². The Hall–Kier alpha value is -3.05. The van der Waals surface area contributed by atoms with Gasteiger partial charge in [0.1, 0.15) is 5.75 Å². The molecule has 0 amide bonds. The maximum absolute atomic E-state index is 12.7. The molecule has 0 radical (unpaired) electrons. The summed E-state index contributed by atoms with van der Waals surface area (Å²) in [6.07, 6.45) is 0. The normalized spacial score (nSPS) is 11.0. The lowest BCUT2D eigenvalue weighted by Gasteiger charge is -2.12. The smallest absolute Gasteiger partial charge is 0.273 e. The van der Waals surface area contributed by atoms with Crippen molar-refractivity contribution in [1.82, 2.24) is 14.2 Å². The molecule has 4 aromatic rings. The fourth-order valence-corrected chi connectivity index (χ4v) is 3.21. The summed E-state index contributed by atoms with van der Waals surface area (Å²) < 4.78 is 8.62. The second-order valence-electron chi connectivity index (χ2n) is 5.96. The molecule has 130 valence electrons. The van der Waals surface area contributed by atoms with Crippen LogP contribution in [0.2, 0.25) is 5.02 Å². The number of benzene rings is 2. The third kappa shape index (κ3) is 2.76. The molecule has 0 fully saturated rings. The molecule has 0 aliphatic rings. The third-order valence-electron chi connectivity index (χ3n) is 4.18. The van der Waals surface area contributed by atoms with Gasteiger partial charge in [0, 0.05) is 28.4 Å². The molecule has 0 spiro atoms. The number of halogens is 1. The average Bonchev–Trinajstić information content (AvgIpc) is 3.01. The molecule has 5 nitrogen and oxygen atoms in total. The number of nitrogens with zero attached hydrogens (tertiary/aromatic N) is 3. The van der Waals surface area contributed by atoms with Crippen LogP contribution in [0.1, 0.15) is 5.69 Å². The summed E-state index contributed by atoms with van der Waals surface area (Å²) in [7, 11) is 1.63. The molecule has 0 atom stereocenters. The Bertz CT molecular complexity index is 1160. The van der Waals surface area contributed by atoms with E-state index in [2.05, 4.69) is 4.98 Å². The van der Waals surface area contributed by atoms with Crippen LogP contribution in [0.4, 0.5) is 0 Å². The predicted molar refractivity (Wildman–Crippen MR) is 103 cm³/mol. The lowest BCUT2D eigenvalue weighted by molar-refractivity contribution is 0.415. The topological polar surface area (TPSA) is 48.5 Å². The van der Waals surface area contributed by atoms with E-state index in [0.29, 0.717) is 16.4 Å². The fourth-order valence-electron chi connectivity index (χ4n) is 3.03. The largest absolute Gasteiger partial charge is 0.497 e. The quantitative estimate of drug-likeness (QED) is 0.548. The number of hydrogen-bond donors (Lipinski definition) is 0. The number of rotatable bonds is 3. The van der Waals surface area contributed by atoms with Gasteiger partial charge >= 0.3 is 0 Å². The van der Waals surface area contributed by atoms with Crippen LogP contribution in [0.25, 0.3) is 22.6 Å². The Morgan fingerprint density at radius 2 is 1.81 bits per heavy atom. The number of fused-ring (bicyclic) bond motifs is 1. The van der Waals surface area contributed by atoms with E-state index in [9.17, 15) is 4.79 Å². The zero-order chi connectivity index (χ0) is 18.3. The number of aromatic nitrogens is 3. The van der Waals surface area contributed by atoms with Crippen LogP contribution in [0, 0.1) is 6.92 Å². The van der Waals surface area contributed by atoms with Crippen molar-refractivity contribution >= 4 is 17.2 Å². The molecule has 4 rings (SSSR count). The van der Waals surface area contributed by atoms with Crippen LogP contribution in [-0.2, 0) is 0 Å². The summed E-state index contributed by atoms with van der Waals surface area (Å²) in [5.41, 5.74) is 3.68. The molecular weight excluding hydrogens is 350 g/mol. The van der Waals surface area contributed by atoms with Gasteiger partial charge in [0.05, 0.1) is 18.5 Å². The minimum atomic E-state index is -0.146. The molecule has 2 aromatic carbocycles. The summed E-state index contributed by atoms with van der Waals surface area (Å²) in [4.78, 5) is 17.2. The molecule has 2 heterocycles. The highest BCUT2D eigenvalue weighted by molar-refractivity contribution is 6.30. The second kappa shape index (κ2) is 6.35. The van der Waals surface area contributed by atoms with Crippen molar-refractivity contribution in [3.8, 4) is 22.7 Å². The van der Waals surface area contributed by atoms with E-state index >= 15 is 0 Å². The highest BCUT2D eigenvalue weighted by Crippen LogP contribution is 2.28. The van der Waals surface area contributed by atoms with E-state index < -0.39 is 0 Å². The van der Waals surface area contributed by atoms with Gasteiger partial charge < -0.3 is 4.74 Å². The first-order valence-electron chi connectivity index (χ1n) is 8.09. The van der Waals surface area contributed by atoms with Crippen LogP contribution < -0.4 is 10.3 Å². The van der Waals surface area contributed by atoms with E-state index in [4.69, 9.17) is 16.3 Å². The van der Waals surface area contributed by atoms with Gasteiger partial charge in [-0.2, -0.15) is 4.52 Å². The Labute approximate surface area is 155 Å². The Kier molecular flexibility index (Phi) is 4.01. The van der Waals surface area contributed by atoms with Gasteiger partial charge in [0.15, 0.2) is 5.65 Å². The number of ether oxygens (including phenoxy) is 1. The first-order chi connectivity index (χ1) is 12.6. The van der Waals surface area contributed by atoms with Gasteiger partial charge in [0.25, 0.3) is 5.56 Å². The molecule has 0 bridgehead atoms. The Morgan fingerprint density at radius 3 is 2.50 bits per heavy atom. The first-order valence-corrected chi connectivity index (χ1v) is 8.47. The SMILES string of the molecule is COc1ccc(-c2cc3nc(C)cc(=O)n3n2-c2cccc(Cl)c2)cc1. The molecule has 2 aromatic heterocycles. The summed E-state index contributed by atoms with van der Waals surface area (Å²) >= 11 is 6.18. The molecular formula is C20H16ClN3O2. The van der Waals surface area contributed by atoms with Gasteiger partial charge in [-0.25, -0.2) is 9.67 Å². The number of methoxy groups -OCH3 is 1. The highest BCUT2D eigenvalue weighted by atomic mass is 35.5. The van der Waals surface area contributed by atoms with E-state index in [-0.39, 0.29) is 5.56 Å². The van der Waals surface area contributed by atoms with Gasteiger partial charge in [0.2, 0.25) is 0 Å². The van der Waals surface area contributed by atoms with Crippen LogP contribution >= 0.6 is 11.6 Å². The van der Waals surface area contributed by atoms with E-state index in [1.807, 2.05) is 60.1 Å². The van der Waals surface area contributed by atoms with Crippen LogP contribution in [-0.4, -0.2) is 21.3 Å². The van der Waals surface area contributed by atoms with Crippen molar-refractivity contribution in [1.29, 1.82) is 0 Å². The zero-order valence-corrected chi connectivity index (χ0v) is 15.1. The third-order valence-corrected chi connectivity index (χ3v) is 4.42. The molecule has 0 aliphatic heterocycles. The lowest BCUT2D eigenvalue weighted by atomic mass is 10.1. The average molecular weight is 366 g/mol. The van der Waals surface area contributed by atoms with Crippen molar-refractivity contribution < 1.29 is 4.74 Å². The van der Waals surface area contributed by atoms with E-state index in [0.717, 1.165) is 22.7 Å². The van der Waals surface area contributed by atoms with Gasteiger partial charge in [-0.15, -0.1) is 0 Å². The van der Waals surface area contributed by atoms with Crippen molar-refractivity contribution in [3.05, 3.63) is 81.7 Å². The summed E-state index contributed by atoms with van der Waals surface area (Å²) in [5.74, 6) is 0.769. The first kappa shape index (κ1) is 16.4. The van der Waals surface area contributed by atoms with Crippen LogP contribution in [0.5, 0.6) is 5.75 Å². The molecule has 0 unspecified atom stereocenters. The van der Waals surface area contributed by atoms with E-state index in [1.54, 1.807) is 17.7 Å². The second-order valence-corrected chi connectivity index (χ2v) is 6.39. The molecule has 0 saturated heterocycles. The minimum Gasteiger partial charge on any atom is -0.497 e. The summed E-state index contributed by atoms with van der Waals surface area (Å²) in [5, 5.41) is 0.596. The predicted octanol–water partition coefficient (Wildman–Crippen LogP) is 4.12. The van der Waals surface area contributed by atoms with E-state index in [1.165, 1.54) is 6.07 Å². The molecule has 0 aliphatic carbocycles. The molecule has 6 heteroatoms. The molecule has 0 saturated carbocycles. The standard InChI is InChI=1S/C20H16ClN3O2/c1-13-10-20(25)24-19(22-13)12-18(14-6-8-17(26-2)9-7-14)23(24)16-5-3-4-15(21)11-16/h3-12H,1-2H3. The molecule has 0 N–H and O–H groups in total. The maximum Gasteiger partial charge on any atom is 0.273 e. The fraction of sp³-hybridized carbons (Fsp3) is 0.100. The van der Waals surface area contributed by atoms with Crippen molar-refractivity contribution in [2.24, 2.45) is 0 Å². The number of aryl methyl sites for hydroxylation is 1. The zero-order valence-electron chi connectivity index (χ0n) is 14.3. The maximum atomic E-state index is 12.7. The van der Waals surface area contributed by atoms with Crippen LogP contribution in [0.15, 0.2) is 65.5 Å². The van der Waals surface area contributed by atoms with Crippen LogP contribution in [0.3, 0.4) is 0 Å². The lowest BCUT2D eigenvalue weighted by Crippen LogP contribution is -2.20. The number of hydrogen-bond acceptors (Lipinski definition) is 3. The Morgan fingerprint density at radius 1 is 1.04 bits per heavy atom. The van der Waals surface area contributed by atoms with Gasteiger partial charge in [-0.3, -0.25) is 4.79 Å². The highest BCUT2D eigenvalue weighted by Gasteiger charge is 2.15. The minimum absolute atomic E-state index is 0.146. The van der Waals surface area contributed by atoms with Crippen molar-refractivity contribution in [2.75, 3.05) is 7.11 Å². The summed E-state index contributed by atoms with van der Waals surface area (Å²) in [6, 6.07) is 18.5. The molecule has 26 heavy (non-hydrogen) atoms. The summed E-state index contributed by atoms with van der Waals surface area (Å²) in [6.45, 7) is 1.81. The van der Waals surface area contributed by atoms with Crippen molar-refractivity contribution in [3.63, 3.8) is 0 Å². The van der Waals surface area contributed by atoms with Crippen molar-refractivity contribution in [2.45, 2.75) is 6.92 Å².